The number of hydrogen-bond donors (Lipinski definition) is 1. The predicted octanol–water partition coefficient (Wildman–Crippen LogP) is 3.81. The zero-order chi connectivity index (χ0) is 21.9. The molecule has 3 rings (SSSR count). The molecule has 0 radical (unpaired) electrons. The van der Waals surface area contributed by atoms with E-state index in [4.69, 9.17) is 4.74 Å². The lowest BCUT2D eigenvalue weighted by Crippen LogP contribution is -2.33. The van der Waals surface area contributed by atoms with Crippen molar-refractivity contribution >= 4 is 26.7 Å². The quantitative estimate of drug-likeness (QED) is 0.623. The van der Waals surface area contributed by atoms with Crippen molar-refractivity contribution in [2.24, 2.45) is 0 Å². The molecule has 0 bridgehead atoms. The average Bonchev–Trinajstić information content (AvgIpc) is 2.76. The zero-order valence-corrected chi connectivity index (χ0v) is 18.4. The van der Waals surface area contributed by atoms with E-state index in [0.29, 0.717) is 12.1 Å². The number of sulfonamides is 1. The lowest BCUT2D eigenvalue weighted by atomic mass is 10.1. The Morgan fingerprint density at radius 2 is 1.73 bits per heavy atom. The molecule has 0 aliphatic heterocycles. The summed E-state index contributed by atoms with van der Waals surface area (Å²) in [6.45, 7) is 3.94. The molecule has 0 unspecified atom stereocenters. The van der Waals surface area contributed by atoms with Crippen molar-refractivity contribution in [1.82, 2.24) is 9.62 Å². The average molecular weight is 427 g/mol. The summed E-state index contributed by atoms with van der Waals surface area (Å²) >= 11 is 0. The third-order valence-electron chi connectivity index (χ3n) is 5.07. The Morgan fingerprint density at radius 1 is 1.03 bits per heavy atom. The van der Waals surface area contributed by atoms with Gasteiger partial charge < -0.3 is 10.1 Å². The van der Waals surface area contributed by atoms with Crippen LogP contribution in [0.15, 0.2) is 65.6 Å². The van der Waals surface area contributed by atoms with E-state index in [1.54, 1.807) is 33.1 Å². The summed E-state index contributed by atoms with van der Waals surface area (Å²) in [7, 11) is -0.487. The zero-order valence-electron chi connectivity index (χ0n) is 17.5. The highest BCUT2D eigenvalue weighted by molar-refractivity contribution is 7.89. The van der Waals surface area contributed by atoms with Crippen LogP contribution in [0, 0.1) is 0 Å². The molecule has 0 heterocycles. The summed E-state index contributed by atoms with van der Waals surface area (Å²) in [5.74, 6) is 0.468. The van der Waals surface area contributed by atoms with Crippen molar-refractivity contribution in [3.05, 3.63) is 71.8 Å². The fourth-order valence-electron chi connectivity index (χ4n) is 3.04. The number of methoxy groups -OCH3 is 1. The molecule has 0 fully saturated rings. The first-order chi connectivity index (χ1) is 14.2. The summed E-state index contributed by atoms with van der Waals surface area (Å²) in [5.41, 5.74) is 1.25. The Morgan fingerprint density at radius 3 is 2.43 bits per heavy atom. The van der Waals surface area contributed by atoms with Gasteiger partial charge in [0.25, 0.3) is 5.91 Å². The van der Waals surface area contributed by atoms with Crippen molar-refractivity contribution in [2.45, 2.75) is 31.3 Å². The summed E-state index contributed by atoms with van der Waals surface area (Å²) in [6.07, 6.45) is 0. The van der Waals surface area contributed by atoms with Crippen LogP contribution in [-0.4, -0.2) is 38.8 Å². The van der Waals surface area contributed by atoms with E-state index in [0.717, 1.165) is 22.1 Å². The van der Waals surface area contributed by atoms with E-state index >= 15 is 0 Å². The second-order valence-electron chi connectivity index (χ2n) is 7.37. The first-order valence-electron chi connectivity index (χ1n) is 9.65. The second kappa shape index (κ2) is 8.85. The summed E-state index contributed by atoms with van der Waals surface area (Å²) < 4.78 is 31.9. The molecule has 3 aromatic rings. The number of nitrogens with one attached hydrogen (secondary N) is 1. The molecular formula is C23H26N2O4S. The second-order valence-corrected chi connectivity index (χ2v) is 9.37. The molecule has 0 saturated carbocycles. The Labute approximate surface area is 177 Å². The van der Waals surface area contributed by atoms with Crippen molar-refractivity contribution in [3.63, 3.8) is 0 Å². The van der Waals surface area contributed by atoms with Crippen LogP contribution in [0.2, 0.25) is 0 Å². The van der Waals surface area contributed by atoms with Gasteiger partial charge in [-0.2, -0.15) is 4.31 Å². The van der Waals surface area contributed by atoms with Gasteiger partial charge in [0.05, 0.1) is 12.0 Å². The van der Waals surface area contributed by atoms with Crippen molar-refractivity contribution in [3.8, 4) is 5.75 Å². The minimum absolute atomic E-state index is 0.103. The number of nitrogens with zero attached hydrogens (tertiary/aromatic N) is 1. The van der Waals surface area contributed by atoms with Crippen molar-refractivity contribution < 1.29 is 17.9 Å². The summed E-state index contributed by atoms with van der Waals surface area (Å²) in [6, 6.07) is 17.7. The molecular weight excluding hydrogens is 400 g/mol. The van der Waals surface area contributed by atoms with Gasteiger partial charge in [-0.05, 0) is 66.6 Å². The molecule has 0 aliphatic carbocycles. The number of amides is 1. The maximum atomic E-state index is 12.7. The molecule has 1 amide bonds. The third kappa shape index (κ3) is 4.63. The van der Waals surface area contributed by atoms with E-state index in [2.05, 4.69) is 5.32 Å². The van der Waals surface area contributed by atoms with Crippen molar-refractivity contribution in [1.29, 1.82) is 0 Å². The fourth-order valence-corrected chi connectivity index (χ4v) is 4.45. The number of carbonyl (C=O) groups is 1. The molecule has 0 aromatic heterocycles. The highest BCUT2D eigenvalue weighted by atomic mass is 32.2. The SMILES string of the molecule is COc1ccc2cc(CNC(=O)c3cccc(S(=O)(=O)N(C)C(C)C)c3)ccc2c1. The van der Waals surface area contributed by atoms with Gasteiger partial charge in [-0.3, -0.25) is 4.79 Å². The van der Waals surface area contributed by atoms with E-state index in [-0.39, 0.29) is 16.8 Å². The molecule has 158 valence electrons. The Balaban J connectivity index is 1.74. The Hall–Kier alpha value is -2.90. The number of ether oxygens (including phenoxy) is 1. The van der Waals surface area contributed by atoms with Gasteiger partial charge in [0.2, 0.25) is 10.0 Å². The van der Waals surface area contributed by atoms with Crippen LogP contribution in [0.3, 0.4) is 0 Å². The van der Waals surface area contributed by atoms with Gasteiger partial charge in [-0.1, -0.05) is 24.3 Å². The number of benzene rings is 3. The molecule has 7 heteroatoms. The van der Waals surface area contributed by atoms with Crippen LogP contribution >= 0.6 is 0 Å². The van der Waals surface area contributed by atoms with Crippen LogP contribution in [-0.2, 0) is 16.6 Å². The minimum atomic E-state index is -3.65. The maximum Gasteiger partial charge on any atom is 0.251 e. The van der Waals surface area contributed by atoms with Gasteiger partial charge in [0.15, 0.2) is 0 Å². The first-order valence-corrected chi connectivity index (χ1v) is 11.1. The largest absolute Gasteiger partial charge is 0.497 e. The first kappa shape index (κ1) is 21.8. The highest BCUT2D eigenvalue weighted by Crippen LogP contribution is 2.22. The van der Waals surface area contributed by atoms with Gasteiger partial charge >= 0.3 is 0 Å². The van der Waals surface area contributed by atoms with E-state index in [9.17, 15) is 13.2 Å². The molecule has 0 atom stereocenters. The minimum Gasteiger partial charge on any atom is -0.497 e. The summed E-state index contributed by atoms with van der Waals surface area (Å²) in [5, 5.41) is 4.96. The molecule has 1 N–H and O–H groups in total. The van der Waals surface area contributed by atoms with Gasteiger partial charge in [-0.25, -0.2) is 8.42 Å². The number of hydrogen-bond acceptors (Lipinski definition) is 4. The van der Waals surface area contributed by atoms with E-state index < -0.39 is 10.0 Å². The normalized spacial score (nSPS) is 11.8. The van der Waals surface area contributed by atoms with Crippen LogP contribution in [0.25, 0.3) is 10.8 Å². The van der Waals surface area contributed by atoms with Gasteiger partial charge in [-0.15, -0.1) is 0 Å². The van der Waals surface area contributed by atoms with Crippen LogP contribution in [0.5, 0.6) is 5.75 Å². The molecule has 0 saturated heterocycles. The van der Waals surface area contributed by atoms with Crippen LogP contribution in [0.4, 0.5) is 0 Å². The molecule has 6 nitrogen and oxygen atoms in total. The smallest absolute Gasteiger partial charge is 0.251 e. The topological polar surface area (TPSA) is 75.7 Å². The van der Waals surface area contributed by atoms with Crippen LogP contribution in [0.1, 0.15) is 29.8 Å². The Bertz CT molecular complexity index is 1170. The molecule has 30 heavy (non-hydrogen) atoms. The van der Waals surface area contributed by atoms with E-state index in [1.165, 1.54) is 23.5 Å². The monoisotopic (exact) mass is 426 g/mol. The van der Waals surface area contributed by atoms with Crippen LogP contribution < -0.4 is 10.1 Å². The fraction of sp³-hybridized carbons (Fsp3) is 0.261. The van der Waals surface area contributed by atoms with Crippen molar-refractivity contribution in [2.75, 3.05) is 14.2 Å². The maximum absolute atomic E-state index is 12.7. The molecule has 0 aliphatic rings. The standard InChI is InChI=1S/C23H26N2O4S/c1-16(2)25(3)30(27,28)22-7-5-6-20(14-22)23(26)24-15-17-8-9-19-13-21(29-4)11-10-18(19)12-17/h5-14,16H,15H2,1-4H3,(H,24,26). The predicted molar refractivity (Wildman–Crippen MR) is 118 cm³/mol. The van der Waals surface area contributed by atoms with Gasteiger partial charge in [0.1, 0.15) is 5.75 Å². The molecule has 0 spiro atoms. The Kier molecular flexibility index (Phi) is 6.43. The molecule has 3 aromatic carbocycles. The van der Waals surface area contributed by atoms with E-state index in [1.807, 2.05) is 36.4 Å². The lowest BCUT2D eigenvalue weighted by Gasteiger charge is -2.21. The number of rotatable bonds is 7. The number of carbonyl (C=O) groups excluding carboxylic acids is 1. The lowest BCUT2D eigenvalue weighted by molar-refractivity contribution is 0.0950. The summed E-state index contributed by atoms with van der Waals surface area (Å²) in [4.78, 5) is 12.7. The highest BCUT2D eigenvalue weighted by Gasteiger charge is 2.23. The number of fused-ring (bicyclic) bond motifs is 1. The van der Waals surface area contributed by atoms with Gasteiger partial charge in [0, 0.05) is 25.2 Å². The third-order valence-corrected chi connectivity index (χ3v) is 7.09.